The Labute approximate surface area is 157 Å². The zero-order chi connectivity index (χ0) is 18.6. The van der Waals surface area contributed by atoms with E-state index in [0.717, 1.165) is 30.6 Å². The Kier molecular flexibility index (Phi) is 5.02. The molecule has 7 heteroatoms. The van der Waals surface area contributed by atoms with Crippen molar-refractivity contribution in [3.8, 4) is 0 Å². The lowest BCUT2D eigenvalue weighted by Gasteiger charge is -2.26. The van der Waals surface area contributed by atoms with Crippen LogP contribution < -0.4 is 5.32 Å². The largest absolute Gasteiger partial charge is 0.457 e. The molecule has 0 unspecified atom stereocenters. The first-order valence-corrected chi connectivity index (χ1v) is 9.05. The first-order valence-electron chi connectivity index (χ1n) is 9.05. The van der Waals surface area contributed by atoms with Gasteiger partial charge in [-0.25, -0.2) is 9.59 Å². The van der Waals surface area contributed by atoms with E-state index in [9.17, 15) is 9.59 Å². The number of ether oxygens (including phenoxy) is 2. The van der Waals surface area contributed by atoms with Crippen LogP contribution >= 0.6 is 0 Å². The van der Waals surface area contributed by atoms with E-state index in [4.69, 9.17) is 9.47 Å². The minimum Gasteiger partial charge on any atom is -0.457 e. The highest BCUT2D eigenvalue weighted by molar-refractivity contribution is 5.95. The smallest absolute Gasteiger partial charge is 0.338 e. The summed E-state index contributed by atoms with van der Waals surface area (Å²) in [6, 6.07) is 8.79. The standard InChI is InChI=1S/C20H21N3O4/c24-19-18-4-3-16(10-15(18)13-27-19)22-20(25)23(12-17-2-1-9-26-17)11-14-5-7-21-8-6-14/h3-8,10,17H,1-2,9,11-13H2,(H,22,25)/t17-/m1/s1. The molecule has 1 atom stereocenters. The summed E-state index contributed by atoms with van der Waals surface area (Å²) in [7, 11) is 0. The molecule has 0 spiro atoms. The van der Waals surface area contributed by atoms with E-state index in [0.29, 0.717) is 24.3 Å². The molecule has 3 heterocycles. The van der Waals surface area contributed by atoms with Crippen LogP contribution in [0.4, 0.5) is 10.5 Å². The average molecular weight is 367 g/mol. The number of aromatic nitrogens is 1. The minimum absolute atomic E-state index is 0.0589. The van der Waals surface area contributed by atoms with Gasteiger partial charge in [-0.15, -0.1) is 0 Å². The average Bonchev–Trinajstić information content (AvgIpc) is 3.32. The van der Waals surface area contributed by atoms with Crippen molar-refractivity contribution in [2.24, 2.45) is 0 Å². The SMILES string of the molecule is O=C1OCc2cc(NC(=O)N(Cc3ccncc3)C[C@H]3CCCO3)ccc21. The van der Waals surface area contributed by atoms with Gasteiger partial charge < -0.3 is 19.7 Å². The molecule has 0 aliphatic carbocycles. The second-order valence-corrected chi connectivity index (χ2v) is 6.75. The number of nitrogens with zero attached hydrogens (tertiary/aromatic N) is 2. The van der Waals surface area contributed by atoms with Crippen LogP contribution in [0.1, 0.15) is 34.3 Å². The van der Waals surface area contributed by atoms with Gasteiger partial charge in [-0.05, 0) is 48.7 Å². The van der Waals surface area contributed by atoms with Crippen LogP contribution in [-0.2, 0) is 22.6 Å². The Morgan fingerprint density at radius 2 is 2.11 bits per heavy atom. The number of fused-ring (bicyclic) bond motifs is 1. The second kappa shape index (κ2) is 7.75. The fourth-order valence-corrected chi connectivity index (χ4v) is 3.38. The number of pyridine rings is 1. The lowest BCUT2D eigenvalue weighted by atomic mass is 10.1. The number of esters is 1. The summed E-state index contributed by atoms with van der Waals surface area (Å²) in [4.78, 5) is 30.3. The number of urea groups is 1. The zero-order valence-electron chi connectivity index (χ0n) is 14.9. The van der Waals surface area contributed by atoms with E-state index in [1.165, 1.54) is 0 Å². The first-order chi connectivity index (χ1) is 13.2. The molecule has 1 N–H and O–H groups in total. The van der Waals surface area contributed by atoms with E-state index >= 15 is 0 Å². The third-order valence-corrected chi connectivity index (χ3v) is 4.79. The Hall–Kier alpha value is -2.93. The predicted octanol–water partition coefficient (Wildman–Crippen LogP) is 2.97. The van der Waals surface area contributed by atoms with Crippen molar-refractivity contribution in [1.29, 1.82) is 0 Å². The lowest BCUT2D eigenvalue weighted by Crippen LogP contribution is -2.39. The molecule has 0 radical (unpaired) electrons. The van der Waals surface area contributed by atoms with Gasteiger partial charge in [-0.2, -0.15) is 0 Å². The maximum Gasteiger partial charge on any atom is 0.338 e. The van der Waals surface area contributed by atoms with Crippen molar-refractivity contribution in [1.82, 2.24) is 9.88 Å². The molecule has 4 rings (SSSR count). The topological polar surface area (TPSA) is 80.8 Å². The van der Waals surface area contributed by atoms with Crippen molar-refractivity contribution in [2.45, 2.75) is 32.1 Å². The molecule has 2 amide bonds. The number of amides is 2. The van der Waals surface area contributed by atoms with Crippen molar-refractivity contribution < 1.29 is 19.1 Å². The van der Waals surface area contributed by atoms with Gasteiger partial charge in [-0.1, -0.05) is 0 Å². The number of hydrogen-bond donors (Lipinski definition) is 1. The van der Waals surface area contributed by atoms with Crippen LogP contribution in [0.5, 0.6) is 0 Å². The quantitative estimate of drug-likeness (QED) is 0.822. The van der Waals surface area contributed by atoms with E-state index in [1.54, 1.807) is 35.5 Å². The molecule has 2 aliphatic rings. The number of anilines is 1. The predicted molar refractivity (Wildman–Crippen MR) is 98.2 cm³/mol. The third kappa shape index (κ3) is 4.09. The van der Waals surface area contributed by atoms with Gasteiger partial charge in [0.25, 0.3) is 0 Å². The summed E-state index contributed by atoms with van der Waals surface area (Å²) in [5, 5.41) is 2.93. The number of benzene rings is 1. The maximum atomic E-state index is 12.9. The van der Waals surface area contributed by atoms with Crippen LogP contribution in [0.25, 0.3) is 0 Å². The number of cyclic esters (lactones) is 1. The molecular weight excluding hydrogens is 346 g/mol. The molecular formula is C20H21N3O4. The maximum absolute atomic E-state index is 12.9. The van der Waals surface area contributed by atoms with E-state index < -0.39 is 0 Å². The highest BCUT2D eigenvalue weighted by Crippen LogP contribution is 2.24. The molecule has 140 valence electrons. The number of rotatable bonds is 5. The number of nitrogens with one attached hydrogen (secondary N) is 1. The summed E-state index contributed by atoms with van der Waals surface area (Å²) < 4.78 is 10.7. The fourth-order valence-electron chi connectivity index (χ4n) is 3.38. The van der Waals surface area contributed by atoms with E-state index in [-0.39, 0.29) is 24.7 Å². The molecule has 0 saturated carbocycles. The van der Waals surface area contributed by atoms with Gasteiger partial charge in [0.05, 0.1) is 11.7 Å². The number of hydrogen-bond acceptors (Lipinski definition) is 5. The Balaban J connectivity index is 1.48. The molecule has 2 aromatic rings. The molecule has 27 heavy (non-hydrogen) atoms. The normalized spacial score (nSPS) is 18.1. The molecule has 1 aromatic carbocycles. The van der Waals surface area contributed by atoms with Crippen LogP contribution in [0.2, 0.25) is 0 Å². The number of carbonyl (C=O) groups is 2. The Morgan fingerprint density at radius 1 is 1.26 bits per heavy atom. The molecule has 2 aliphatic heterocycles. The summed E-state index contributed by atoms with van der Waals surface area (Å²) >= 11 is 0. The van der Waals surface area contributed by atoms with Crippen LogP contribution in [0.15, 0.2) is 42.7 Å². The molecule has 1 fully saturated rings. The first kappa shape index (κ1) is 17.5. The highest BCUT2D eigenvalue weighted by atomic mass is 16.5. The fraction of sp³-hybridized carbons (Fsp3) is 0.350. The van der Waals surface area contributed by atoms with Gasteiger partial charge >= 0.3 is 12.0 Å². The Morgan fingerprint density at radius 3 is 2.89 bits per heavy atom. The van der Waals surface area contributed by atoms with Crippen LogP contribution in [0, 0.1) is 0 Å². The van der Waals surface area contributed by atoms with Crippen molar-refractivity contribution in [2.75, 3.05) is 18.5 Å². The van der Waals surface area contributed by atoms with Gasteiger partial charge in [-0.3, -0.25) is 4.98 Å². The highest BCUT2D eigenvalue weighted by Gasteiger charge is 2.24. The molecule has 1 saturated heterocycles. The van der Waals surface area contributed by atoms with Crippen LogP contribution in [-0.4, -0.2) is 41.1 Å². The van der Waals surface area contributed by atoms with Gasteiger partial charge in [0, 0.05) is 43.3 Å². The summed E-state index contributed by atoms with van der Waals surface area (Å²) in [6.07, 6.45) is 5.47. The van der Waals surface area contributed by atoms with Crippen molar-refractivity contribution in [3.63, 3.8) is 0 Å². The van der Waals surface area contributed by atoms with Gasteiger partial charge in [0.2, 0.25) is 0 Å². The van der Waals surface area contributed by atoms with Gasteiger partial charge in [0.1, 0.15) is 6.61 Å². The minimum atomic E-state index is -0.319. The lowest BCUT2D eigenvalue weighted by molar-refractivity contribution is 0.0535. The van der Waals surface area contributed by atoms with E-state index in [2.05, 4.69) is 10.3 Å². The number of carbonyl (C=O) groups excluding carboxylic acids is 2. The van der Waals surface area contributed by atoms with Crippen molar-refractivity contribution in [3.05, 3.63) is 59.4 Å². The monoisotopic (exact) mass is 367 g/mol. The van der Waals surface area contributed by atoms with Gasteiger partial charge in [0.15, 0.2) is 0 Å². The van der Waals surface area contributed by atoms with E-state index in [1.807, 2.05) is 12.1 Å². The molecule has 7 nitrogen and oxygen atoms in total. The van der Waals surface area contributed by atoms with Crippen molar-refractivity contribution >= 4 is 17.7 Å². The van der Waals surface area contributed by atoms with Crippen LogP contribution in [0.3, 0.4) is 0 Å². The molecule has 1 aromatic heterocycles. The summed E-state index contributed by atoms with van der Waals surface area (Å²) in [5.74, 6) is -0.319. The zero-order valence-corrected chi connectivity index (χ0v) is 14.9. The summed E-state index contributed by atoms with van der Waals surface area (Å²) in [6.45, 7) is 1.99. The summed E-state index contributed by atoms with van der Waals surface area (Å²) in [5.41, 5.74) is 2.99. The second-order valence-electron chi connectivity index (χ2n) is 6.75. The molecule has 0 bridgehead atoms. The Bertz CT molecular complexity index is 834. The third-order valence-electron chi connectivity index (χ3n) is 4.79.